The van der Waals surface area contributed by atoms with E-state index in [4.69, 9.17) is 4.74 Å². The minimum Gasteiger partial charge on any atom is -0.497 e. The van der Waals surface area contributed by atoms with E-state index >= 15 is 0 Å². The molecule has 0 radical (unpaired) electrons. The van der Waals surface area contributed by atoms with E-state index in [1.165, 1.54) is 12.0 Å². The summed E-state index contributed by atoms with van der Waals surface area (Å²) >= 11 is 0. The Balaban J connectivity index is 1.56. The fourth-order valence-electron chi connectivity index (χ4n) is 4.18. The number of rotatable bonds is 7. The first-order valence-corrected chi connectivity index (χ1v) is 11.1. The normalized spacial score (nSPS) is 14.4. The summed E-state index contributed by atoms with van der Waals surface area (Å²) in [5.41, 5.74) is -0.0820. The average molecular weight is 486 g/mol. The molecule has 2 aromatic carbocycles. The number of amides is 2. The van der Waals surface area contributed by atoms with Gasteiger partial charge in [-0.15, -0.1) is 0 Å². The van der Waals surface area contributed by atoms with E-state index in [2.05, 4.69) is 10.4 Å². The molecule has 4 rings (SSSR count). The van der Waals surface area contributed by atoms with Gasteiger partial charge in [0.1, 0.15) is 11.4 Å². The lowest BCUT2D eigenvalue weighted by Crippen LogP contribution is -2.46. The molecule has 1 atom stereocenters. The van der Waals surface area contributed by atoms with Crippen molar-refractivity contribution >= 4 is 11.8 Å². The first-order valence-electron chi connectivity index (χ1n) is 11.1. The van der Waals surface area contributed by atoms with Crippen molar-refractivity contribution < 1.29 is 27.5 Å². The van der Waals surface area contributed by atoms with E-state index in [-0.39, 0.29) is 36.6 Å². The van der Waals surface area contributed by atoms with Crippen LogP contribution in [0.1, 0.15) is 40.7 Å². The zero-order valence-electron chi connectivity index (χ0n) is 19.3. The number of nitrogens with one attached hydrogen (secondary N) is 1. The average Bonchev–Trinajstić information content (AvgIpc) is 3.25. The lowest BCUT2D eigenvalue weighted by Gasteiger charge is -2.32. The number of halogens is 3. The van der Waals surface area contributed by atoms with Crippen molar-refractivity contribution in [2.75, 3.05) is 13.7 Å². The van der Waals surface area contributed by atoms with Crippen molar-refractivity contribution in [2.24, 2.45) is 0 Å². The number of aromatic nitrogens is 2. The van der Waals surface area contributed by atoms with Crippen LogP contribution in [0.15, 0.2) is 54.6 Å². The highest BCUT2D eigenvalue weighted by Crippen LogP contribution is 2.36. The van der Waals surface area contributed by atoms with Gasteiger partial charge in [-0.3, -0.25) is 9.59 Å². The molecule has 0 spiro atoms. The fraction of sp³-hybridized carbons (Fsp3) is 0.320. The van der Waals surface area contributed by atoms with Gasteiger partial charge >= 0.3 is 6.18 Å². The Kier molecular flexibility index (Phi) is 6.81. The Bertz CT molecular complexity index is 1210. The van der Waals surface area contributed by atoms with Crippen LogP contribution in [0, 0.1) is 0 Å². The molecule has 0 aliphatic carbocycles. The van der Waals surface area contributed by atoms with E-state index in [1.807, 2.05) is 30.3 Å². The first kappa shape index (κ1) is 24.3. The van der Waals surface area contributed by atoms with E-state index in [0.717, 1.165) is 10.2 Å². The van der Waals surface area contributed by atoms with Gasteiger partial charge in [0.2, 0.25) is 5.91 Å². The quantitative estimate of drug-likeness (QED) is 0.548. The number of benzene rings is 2. The summed E-state index contributed by atoms with van der Waals surface area (Å²) in [4.78, 5) is 27.3. The van der Waals surface area contributed by atoms with Crippen molar-refractivity contribution in [1.29, 1.82) is 0 Å². The Morgan fingerprint density at radius 3 is 2.46 bits per heavy atom. The van der Waals surface area contributed by atoms with Gasteiger partial charge < -0.3 is 15.0 Å². The van der Waals surface area contributed by atoms with Crippen molar-refractivity contribution in [3.05, 3.63) is 77.1 Å². The molecule has 0 saturated heterocycles. The molecule has 1 N–H and O–H groups in total. The van der Waals surface area contributed by atoms with Crippen LogP contribution in [0.4, 0.5) is 13.2 Å². The van der Waals surface area contributed by atoms with Crippen LogP contribution in [0.25, 0.3) is 5.69 Å². The third-order valence-corrected chi connectivity index (χ3v) is 5.98. The smallest absolute Gasteiger partial charge is 0.435 e. The summed E-state index contributed by atoms with van der Waals surface area (Å²) in [6.45, 7) is 2.13. The summed E-state index contributed by atoms with van der Waals surface area (Å²) in [7, 11) is 1.48. The standard InChI is InChI=1S/C25H25F3N4O3/c1-16(14-21(33)29-15-17-6-4-3-5-7-17)31-13-12-20-22(24(31)34)32(30-23(20)25(26,27)28)18-8-10-19(35-2)11-9-18/h3-11,16H,12-15H2,1-2H3,(H,29,33). The van der Waals surface area contributed by atoms with Gasteiger partial charge in [0, 0.05) is 31.1 Å². The van der Waals surface area contributed by atoms with E-state index in [9.17, 15) is 22.8 Å². The van der Waals surface area contributed by atoms with Crippen LogP contribution in [-0.2, 0) is 23.9 Å². The number of ether oxygens (including phenoxy) is 1. The van der Waals surface area contributed by atoms with Gasteiger partial charge in [-0.1, -0.05) is 30.3 Å². The summed E-state index contributed by atoms with van der Waals surface area (Å²) in [5, 5.41) is 6.60. The third kappa shape index (κ3) is 5.16. The Morgan fingerprint density at radius 1 is 1.14 bits per heavy atom. The molecule has 2 amide bonds. The van der Waals surface area contributed by atoms with E-state index in [1.54, 1.807) is 31.2 Å². The molecule has 2 heterocycles. The molecule has 184 valence electrons. The molecule has 0 bridgehead atoms. The summed E-state index contributed by atoms with van der Waals surface area (Å²) < 4.78 is 47.3. The first-order chi connectivity index (χ1) is 16.7. The Morgan fingerprint density at radius 2 is 1.83 bits per heavy atom. The molecule has 0 saturated carbocycles. The summed E-state index contributed by atoms with van der Waals surface area (Å²) in [5.74, 6) is -0.318. The highest BCUT2D eigenvalue weighted by molar-refractivity contribution is 5.96. The largest absolute Gasteiger partial charge is 0.497 e. The summed E-state index contributed by atoms with van der Waals surface area (Å²) in [6, 6.07) is 15.1. The molecular weight excluding hydrogens is 461 g/mol. The lowest BCUT2D eigenvalue weighted by atomic mass is 10.0. The zero-order valence-corrected chi connectivity index (χ0v) is 19.3. The SMILES string of the molecule is COc1ccc(-n2nc(C(F)(F)F)c3c2C(=O)N(C(C)CC(=O)NCc2ccccc2)CC3)cc1. The summed E-state index contributed by atoms with van der Waals surface area (Å²) in [6.07, 6.45) is -4.69. The minimum atomic E-state index is -4.70. The van der Waals surface area contributed by atoms with Gasteiger partial charge in [-0.25, -0.2) is 4.68 Å². The maximum atomic E-state index is 13.7. The topological polar surface area (TPSA) is 76.5 Å². The predicted octanol–water partition coefficient (Wildman–Crippen LogP) is 3.99. The van der Waals surface area contributed by atoms with Gasteiger partial charge in [0.15, 0.2) is 5.69 Å². The molecule has 35 heavy (non-hydrogen) atoms. The highest BCUT2D eigenvalue weighted by Gasteiger charge is 2.43. The zero-order chi connectivity index (χ0) is 25.2. The number of hydrogen-bond donors (Lipinski definition) is 1. The van der Waals surface area contributed by atoms with Crippen LogP contribution >= 0.6 is 0 Å². The lowest BCUT2D eigenvalue weighted by molar-refractivity contribution is -0.142. The maximum absolute atomic E-state index is 13.7. The second-order valence-corrected chi connectivity index (χ2v) is 8.35. The van der Waals surface area contributed by atoms with E-state index < -0.39 is 23.8 Å². The Labute approximate surface area is 200 Å². The second-order valence-electron chi connectivity index (χ2n) is 8.35. The molecule has 1 aliphatic heterocycles. The molecule has 0 fully saturated rings. The van der Waals surface area contributed by atoms with Gasteiger partial charge in [-0.05, 0) is 43.2 Å². The van der Waals surface area contributed by atoms with Gasteiger partial charge in [0.25, 0.3) is 5.91 Å². The fourth-order valence-corrected chi connectivity index (χ4v) is 4.18. The number of methoxy groups -OCH3 is 1. The van der Waals surface area contributed by atoms with Crippen LogP contribution in [-0.4, -0.2) is 46.2 Å². The highest BCUT2D eigenvalue weighted by atomic mass is 19.4. The van der Waals surface area contributed by atoms with Crippen LogP contribution in [0.3, 0.4) is 0 Å². The molecular formula is C25H25F3N4O3. The number of fused-ring (bicyclic) bond motifs is 1. The van der Waals surface area contributed by atoms with Gasteiger partial charge in [0.05, 0.1) is 12.8 Å². The monoisotopic (exact) mass is 486 g/mol. The van der Waals surface area contributed by atoms with Crippen LogP contribution < -0.4 is 10.1 Å². The van der Waals surface area contributed by atoms with Gasteiger partial charge in [-0.2, -0.15) is 18.3 Å². The second kappa shape index (κ2) is 9.81. The number of nitrogens with zero attached hydrogens (tertiary/aromatic N) is 3. The van der Waals surface area contributed by atoms with Crippen molar-refractivity contribution in [1.82, 2.24) is 20.0 Å². The molecule has 1 aromatic heterocycles. The number of alkyl halides is 3. The Hall–Kier alpha value is -3.82. The minimum absolute atomic E-state index is 0.0119. The number of carbonyl (C=O) groups is 2. The molecule has 3 aromatic rings. The molecule has 1 unspecified atom stereocenters. The van der Waals surface area contributed by atoms with Crippen LogP contribution in [0.5, 0.6) is 5.75 Å². The van der Waals surface area contributed by atoms with Crippen LogP contribution in [0.2, 0.25) is 0 Å². The number of carbonyl (C=O) groups excluding carboxylic acids is 2. The molecule has 10 heteroatoms. The van der Waals surface area contributed by atoms with Crippen molar-refractivity contribution in [3.8, 4) is 11.4 Å². The maximum Gasteiger partial charge on any atom is 0.435 e. The predicted molar refractivity (Wildman–Crippen MR) is 122 cm³/mol. The molecule has 7 nitrogen and oxygen atoms in total. The van der Waals surface area contributed by atoms with E-state index in [0.29, 0.717) is 18.0 Å². The third-order valence-electron chi connectivity index (χ3n) is 5.98. The van der Waals surface area contributed by atoms with Crippen molar-refractivity contribution in [3.63, 3.8) is 0 Å². The number of hydrogen-bond acceptors (Lipinski definition) is 4. The van der Waals surface area contributed by atoms with Crippen molar-refractivity contribution in [2.45, 2.75) is 38.5 Å². The molecule has 1 aliphatic rings.